The minimum absolute atomic E-state index is 0.0636. The Labute approximate surface area is 113 Å². The van der Waals surface area contributed by atoms with Crippen LogP contribution in [0.15, 0.2) is 52.9 Å². The first-order chi connectivity index (χ1) is 9.04. The van der Waals surface area contributed by atoms with E-state index in [9.17, 15) is 0 Å². The number of fused-ring (bicyclic) bond motifs is 1. The zero-order valence-electron chi connectivity index (χ0n) is 11.5. The zero-order valence-corrected chi connectivity index (χ0v) is 11.5. The molecule has 19 heavy (non-hydrogen) atoms. The van der Waals surface area contributed by atoms with Gasteiger partial charge in [-0.25, -0.2) is 4.98 Å². The fourth-order valence-corrected chi connectivity index (χ4v) is 2.06. The summed E-state index contributed by atoms with van der Waals surface area (Å²) >= 11 is 0. The maximum Gasteiger partial charge on any atom is 0.200 e. The number of rotatable bonds is 1. The standard InChI is InChI=1S/C17H17NO/c1-17(2,3)16-18-14-11-13(9-10-15(14)19-16)12-7-5-4-6-8-12/h4-11H,1-3H3. The summed E-state index contributed by atoms with van der Waals surface area (Å²) in [6.45, 7) is 6.32. The van der Waals surface area contributed by atoms with Gasteiger partial charge in [0.05, 0.1) is 0 Å². The van der Waals surface area contributed by atoms with Gasteiger partial charge in [0.2, 0.25) is 5.89 Å². The quantitative estimate of drug-likeness (QED) is 0.621. The van der Waals surface area contributed by atoms with Gasteiger partial charge in [-0.2, -0.15) is 0 Å². The summed E-state index contributed by atoms with van der Waals surface area (Å²) in [5, 5.41) is 0. The largest absolute Gasteiger partial charge is 0.440 e. The molecule has 0 N–H and O–H groups in total. The van der Waals surface area contributed by atoms with Crippen molar-refractivity contribution in [2.24, 2.45) is 0 Å². The Morgan fingerprint density at radius 2 is 1.63 bits per heavy atom. The molecule has 0 atom stereocenters. The van der Waals surface area contributed by atoms with E-state index in [4.69, 9.17) is 4.42 Å². The molecule has 0 unspecified atom stereocenters. The molecule has 1 aromatic heterocycles. The SMILES string of the molecule is CC(C)(C)c1nc2cc(-c3ccccc3)ccc2o1. The topological polar surface area (TPSA) is 26.0 Å². The number of oxazole rings is 1. The van der Waals surface area contributed by atoms with Gasteiger partial charge >= 0.3 is 0 Å². The molecular formula is C17H17NO. The van der Waals surface area contributed by atoms with Crippen LogP contribution in [0.5, 0.6) is 0 Å². The van der Waals surface area contributed by atoms with Crippen molar-refractivity contribution in [2.75, 3.05) is 0 Å². The van der Waals surface area contributed by atoms with Gasteiger partial charge in [-0.3, -0.25) is 0 Å². The predicted molar refractivity (Wildman–Crippen MR) is 78.1 cm³/mol. The highest BCUT2D eigenvalue weighted by Crippen LogP contribution is 2.28. The number of aromatic nitrogens is 1. The lowest BCUT2D eigenvalue weighted by atomic mass is 9.97. The molecule has 3 rings (SSSR count). The Bertz CT molecular complexity index is 705. The number of nitrogens with zero attached hydrogens (tertiary/aromatic N) is 1. The molecule has 0 spiro atoms. The summed E-state index contributed by atoms with van der Waals surface area (Å²) in [4.78, 5) is 4.60. The van der Waals surface area contributed by atoms with Crippen LogP contribution in [0.2, 0.25) is 0 Å². The first-order valence-corrected chi connectivity index (χ1v) is 6.50. The average Bonchev–Trinajstić information content (AvgIpc) is 2.82. The monoisotopic (exact) mass is 251 g/mol. The Balaban J connectivity index is 2.11. The van der Waals surface area contributed by atoms with Crippen molar-refractivity contribution in [2.45, 2.75) is 26.2 Å². The summed E-state index contributed by atoms with van der Waals surface area (Å²) in [5.41, 5.74) is 4.08. The molecule has 0 amide bonds. The van der Waals surface area contributed by atoms with Crippen LogP contribution in [0.3, 0.4) is 0 Å². The normalized spacial score (nSPS) is 11.9. The molecule has 0 aliphatic carbocycles. The second kappa shape index (κ2) is 4.23. The molecule has 2 heteroatoms. The van der Waals surface area contributed by atoms with Gasteiger partial charge in [0.15, 0.2) is 5.58 Å². The molecule has 0 saturated heterocycles. The van der Waals surface area contributed by atoms with Crippen LogP contribution < -0.4 is 0 Å². The first kappa shape index (κ1) is 12.0. The van der Waals surface area contributed by atoms with Crippen LogP contribution in [0.25, 0.3) is 22.2 Å². The lowest BCUT2D eigenvalue weighted by molar-refractivity contribution is 0.411. The lowest BCUT2D eigenvalue weighted by Gasteiger charge is -2.11. The van der Waals surface area contributed by atoms with Crippen molar-refractivity contribution < 1.29 is 4.42 Å². The van der Waals surface area contributed by atoms with Gasteiger partial charge in [-0.05, 0) is 23.3 Å². The van der Waals surface area contributed by atoms with E-state index < -0.39 is 0 Å². The van der Waals surface area contributed by atoms with Crippen molar-refractivity contribution in [1.82, 2.24) is 4.98 Å². The highest BCUT2D eigenvalue weighted by atomic mass is 16.3. The summed E-state index contributed by atoms with van der Waals surface area (Å²) in [7, 11) is 0. The van der Waals surface area contributed by atoms with E-state index in [1.165, 1.54) is 11.1 Å². The summed E-state index contributed by atoms with van der Waals surface area (Å²) in [6.07, 6.45) is 0. The van der Waals surface area contributed by atoms with Crippen LogP contribution in [-0.4, -0.2) is 4.98 Å². The third-order valence-corrected chi connectivity index (χ3v) is 3.14. The van der Waals surface area contributed by atoms with Crippen molar-refractivity contribution in [3.8, 4) is 11.1 Å². The summed E-state index contributed by atoms with van der Waals surface area (Å²) in [5.74, 6) is 0.785. The lowest BCUT2D eigenvalue weighted by Crippen LogP contribution is -2.10. The summed E-state index contributed by atoms with van der Waals surface area (Å²) in [6, 6.07) is 16.5. The Hall–Kier alpha value is -2.09. The predicted octanol–water partition coefficient (Wildman–Crippen LogP) is 4.79. The molecule has 3 aromatic rings. The van der Waals surface area contributed by atoms with Gasteiger partial charge in [-0.15, -0.1) is 0 Å². The molecular weight excluding hydrogens is 234 g/mol. The van der Waals surface area contributed by atoms with Gasteiger partial charge in [-0.1, -0.05) is 57.2 Å². The van der Waals surface area contributed by atoms with Crippen molar-refractivity contribution in [1.29, 1.82) is 0 Å². The smallest absolute Gasteiger partial charge is 0.200 e. The molecule has 0 aliphatic rings. The van der Waals surface area contributed by atoms with E-state index in [0.29, 0.717) is 0 Å². The van der Waals surface area contributed by atoms with Gasteiger partial charge in [0.25, 0.3) is 0 Å². The van der Waals surface area contributed by atoms with Crippen LogP contribution in [-0.2, 0) is 5.41 Å². The maximum atomic E-state index is 5.81. The van der Waals surface area contributed by atoms with E-state index in [1.54, 1.807) is 0 Å². The molecule has 0 radical (unpaired) electrons. The van der Waals surface area contributed by atoms with E-state index in [1.807, 2.05) is 24.3 Å². The van der Waals surface area contributed by atoms with E-state index >= 15 is 0 Å². The summed E-state index contributed by atoms with van der Waals surface area (Å²) < 4.78 is 5.81. The third-order valence-electron chi connectivity index (χ3n) is 3.14. The Morgan fingerprint density at radius 3 is 2.32 bits per heavy atom. The fourth-order valence-electron chi connectivity index (χ4n) is 2.06. The first-order valence-electron chi connectivity index (χ1n) is 6.50. The van der Waals surface area contributed by atoms with Crippen LogP contribution in [0, 0.1) is 0 Å². The molecule has 0 bridgehead atoms. The molecule has 0 fully saturated rings. The van der Waals surface area contributed by atoms with Crippen LogP contribution in [0.4, 0.5) is 0 Å². The minimum atomic E-state index is -0.0636. The van der Waals surface area contributed by atoms with Crippen molar-refractivity contribution >= 4 is 11.1 Å². The second-order valence-corrected chi connectivity index (χ2v) is 5.82. The molecule has 2 aromatic carbocycles. The molecule has 0 saturated carbocycles. The van der Waals surface area contributed by atoms with Crippen LogP contribution in [0.1, 0.15) is 26.7 Å². The molecule has 96 valence electrons. The number of benzene rings is 2. The maximum absolute atomic E-state index is 5.81. The van der Waals surface area contributed by atoms with E-state index in [0.717, 1.165) is 17.0 Å². The van der Waals surface area contributed by atoms with Crippen LogP contribution >= 0.6 is 0 Å². The van der Waals surface area contributed by atoms with E-state index in [2.05, 4.69) is 50.0 Å². The fraction of sp³-hybridized carbons (Fsp3) is 0.235. The van der Waals surface area contributed by atoms with Crippen molar-refractivity contribution in [3.63, 3.8) is 0 Å². The third kappa shape index (κ3) is 2.26. The van der Waals surface area contributed by atoms with Crippen molar-refractivity contribution in [3.05, 3.63) is 54.4 Å². The molecule has 0 aliphatic heterocycles. The highest BCUT2D eigenvalue weighted by Gasteiger charge is 2.20. The van der Waals surface area contributed by atoms with Gasteiger partial charge in [0, 0.05) is 5.41 Å². The van der Waals surface area contributed by atoms with Gasteiger partial charge in [0.1, 0.15) is 5.52 Å². The molecule has 1 heterocycles. The molecule has 2 nitrogen and oxygen atoms in total. The number of hydrogen-bond acceptors (Lipinski definition) is 2. The zero-order chi connectivity index (χ0) is 13.5. The minimum Gasteiger partial charge on any atom is -0.440 e. The number of hydrogen-bond donors (Lipinski definition) is 0. The van der Waals surface area contributed by atoms with Gasteiger partial charge < -0.3 is 4.42 Å². The average molecular weight is 251 g/mol. The highest BCUT2D eigenvalue weighted by molar-refractivity contribution is 5.80. The second-order valence-electron chi connectivity index (χ2n) is 5.82. The Kier molecular flexibility index (Phi) is 2.67. The Morgan fingerprint density at radius 1 is 0.895 bits per heavy atom. The van der Waals surface area contributed by atoms with E-state index in [-0.39, 0.29) is 5.41 Å².